The lowest BCUT2D eigenvalue weighted by molar-refractivity contribution is -0.127. The van der Waals surface area contributed by atoms with E-state index in [9.17, 15) is 9.59 Å². The molecule has 1 N–H and O–H groups in total. The number of nitrogens with zero attached hydrogens (tertiary/aromatic N) is 7. The molecule has 2 amide bonds. The number of hydrogen-bond acceptors (Lipinski definition) is 10. The first-order valence-corrected chi connectivity index (χ1v) is 12.8. The summed E-state index contributed by atoms with van der Waals surface area (Å²) in [5.41, 5.74) is 1.19. The van der Waals surface area contributed by atoms with E-state index in [2.05, 4.69) is 29.9 Å². The molecule has 0 unspecified atom stereocenters. The summed E-state index contributed by atoms with van der Waals surface area (Å²) in [6.45, 7) is 1.76. The van der Waals surface area contributed by atoms with Crippen molar-refractivity contribution in [2.24, 2.45) is 7.05 Å². The lowest BCUT2D eigenvalue weighted by Crippen LogP contribution is -2.23. The highest BCUT2D eigenvalue weighted by atomic mass is 32.2. The van der Waals surface area contributed by atoms with Crippen molar-refractivity contribution in [1.29, 1.82) is 0 Å². The number of likely N-dealkylation sites (N-methyl/N-ethyl adjacent to an activating group) is 1. The number of hydrogen-bond donors (Lipinski definition) is 1. The van der Waals surface area contributed by atoms with Gasteiger partial charge in [0, 0.05) is 42.5 Å². The summed E-state index contributed by atoms with van der Waals surface area (Å²) >= 11 is 3.85. The third-order valence-electron chi connectivity index (χ3n) is 4.67. The van der Waals surface area contributed by atoms with E-state index >= 15 is 0 Å². The largest absolute Gasteiger partial charge is 0.349 e. The molecule has 0 bridgehead atoms. The van der Waals surface area contributed by atoms with Gasteiger partial charge in [-0.3, -0.25) is 14.9 Å². The van der Waals surface area contributed by atoms with Gasteiger partial charge in [-0.2, -0.15) is 4.37 Å². The topological polar surface area (TPSA) is 119 Å². The summed E-state index contributed by atoms with van der Waals surface area (Å²) in [5, 5.41) is 12.4. The number of aryl methyl sites for hydroxylation is 2. The number of benzene rings is 1. The van der Waals surface area contributed by atoms with Gasteiger partial charge in [0.15, 0.2) is 5.16 Å². The molecule has 35 heavy (non-hydrogen) atoms. The highest BCUT2D eigenvalue weighted by Crippen LogP contribution is 2.33. The Balaban J connectivity index is 1.59. The SMILES string of the molecule is Cc1nsc(NC(=O)c2nc(Sc3nncn3C)ccc2Sc2ccc(CC(=O)N(C)C)cc2)n1. The highest BCUT2D eigenvalue weighted by molar-refractivity contribution is 7.99. The Kier molecular flexibility index (Phi) is 7.78. The lowest BCUT2D eigenvalue weighted by atomic mass is 10.1. The molecule has 0 fully saturated rings. The van der Waals surface area contributed by atoms with E-state index in [1.54, 1.807) is 36.8 Å². The predicted octanol–water partition coefficient (Wildman–Crippen LogP) is 3.56. The summed E-state index contributed by atoms with van der Waals surface area (Å²) in [5.74, 6) is 0.251. The molecule has 0 radical (unpaired) electrons. The van der Waals surface area contributed by atoms with Gasteiger partial charge >= 0.3 is 0 Å². The number of carbonyl (C=O) groups is 2. The Hall–Kier alpha value is -3.29. The van der Waals surface area contributed by atoms with Crippen molar-refractivity contribution in [3.8, 4) is 0 Å². The van der Waals surface area contributed by atoms with E-state index in [-0.39, 0.29) is 17.5 Å². The second-order valence-corrected chi connectivity index (χ2v) is 10.5. The van der Waals surface area contributed by atoms with Crippen molar-refractivity contribution in [3.63, 3.8) is 0 Å². The molecular weight excluding hydrogens is 504 g/mol. The van der Waals surface area contributed by atoms with Crippen LogP contribution in [-0.2, 0) is 18.3 Å². The van der Waals surface area contributed by atoms with Gasteiger partial charge in [-0.05, 0) is 48.5 Å². The normalized spacial score (nSPS) is 10.9. The molecule has 0 saturated heterocycles. The number of rotatable bonds is 8. The zero-order chi connectivity index (χ0) is 24.9. The molecule has 3 heterocycles. The number of anilines is 1. The fraction of sp³-hybridized carbons (Fsp3) is 0.227. The average molecular weight is 527 g/mol. The Morgan fingerprint density at radius 2 is 1.86 bits per heavy atom. The van der Waals surface area contributed by atoms with Crippen LogP contribution in [0.15, 0.2) is 62.7 Å². The van der Waals surface area contributed by atoms with E-state index < -0.39 is 0 Å². The molecule has 0 atom stereocenters. The number of amides is 2. The molecule has 3 aromatic heterocycles. The number of nitrogens with one attached hydrogen (secondary N) is 1. The monoisotopic (exact) mass is 526 g/mol. The molecule has 0 saturated carbocycles. The van der Waals surface area contributed by atoms with Crippen LogP contribution in [0, 0.1) is 6.92 Å². The molecule has 4 aromatic rings. The second-order valence-electron chi connectivity index (χ2n) is 7.63. The van der Waals surface area contributed by atoms with Crippen molar-refractivity contribution >= 4 is 52.0 Å². The van der Waals surface area contributed by atoms with Crippen LogP contribution in [-0.4, -0.2) is 59.9 Å². The maximum absolute atomic E-state index is 13.2. The van der Waals surface area contributed by atoms with Gasteiger partial charge in [0.1, 0.15) is 22.9 Å². The molecule has 13 heteroatoms. The second kappa shape index (κ2) is 11.0. The van der Waals surface area contributed by atoms with Gasteiger partial charge in [0.25, 0.3) is 5.91 Å². The minimum Gasteiger partial charge on any atom is -0.349 e. The van der Waals surface area contributed by atoms with Crippen molar-refractivity contribution in [2.45, 2.75) is 33.3 Å². The van der Waals surface area contributed by atoms with Crippen LogP contribution < -0.4 is 5.32 Å². The van der Waals surface area contributed by atoms with Crippen molar-refractivity contribution < 1.29 is 9.59 Å². The van der Waals surface area contributed by atoms with E-state index in [1.165, 1.54) is 23.5 Å². The third-order valence-corrected chi connectivity index (χ3v) is 7.43. The third kappa shape index (κ3) is 6.44. The molecule has 1 aromatic carbocycles. The van der Waals surface area contributed by atoms with Gasteiger partial charge in [-0.1, -0.05) is 23.9 Å². The van der Waals surface area contributed by atoms with Gasteiger partial charge in [0.05, 0.1) is 6.42 Å². The summed E-state index contributed by atoms with van der Waals surface area (Å²) in [7, 11) is 5.32. The zero-order valence-electron chi connectivity index (χ0n) is 19.4. The zero-order valence-corrected chi connectivity index (χ0v) is 21.9. The van der Waals surface area contributed by atoms with E-state index in [0.29, 0.717) is 32.5 Å². The molecule has 180 valence electrons. The van der Waals surface area contributed by atoms with E-state index in [1.807, 2.05) is 43.4 Å². The highest BCUT2D eigenvalue weighted by Gasteiger charge is 2.19. The van der Waals surface area contributed by atoms with Gasteiger partial charge in [0.2, 0.25) is 11.0 Å². The van der Waals surface area contributed by atoms with Crippen LogP contribution in [0.1, 0.15) is 21.9 Å². The molecular formula is C22H22N8O2S3. The Labute approximate surface area is 214 Å². The van der Waals surface area contributed by atoms with Gasteiger partial charge in [-0.15, -0.1) is 10.2 Å². The van der Waals surface area contributed by atoms with Gasteiger partial charge in [-0.25, -0.2) is 9.97 Å². The lowest BCUT2D eigenvalue weighted by Gasteiger charge is -2.11. The first-order valence-electron chi connectivity index (χ1n) is 10.4. The summed E-state index contributed by atoms with van der Waals surface area (Å²) in [6.07, 6.45) is 1.94. The number of aromatic nitrogens is 6. The quantitative estimate of drug-likeness (QED) is 0.367. The maximum atomic E-state index is 13.2. The van der Waals surface area contributed by atoms with E-state index in [0.717, 1.165) is 22.0 Å². The number of pyridine rings is 1. The van der Waals surface area contributed by atoms with Crippen LogP contribution >= 0.6 is 35.1 Å². The maximum Gasteiger partial charge on any atom is 0.277 e. The van der Waals surface area contributed by atoms with Crippen molar-refractivity contribution in [2.75, 3.05) is 19.4 Å². The van der Waals surface area contributed by atoms with Crippen LogP contribution in [0.4, 0.5) is 5.13 Å². The summed E-state index contributed by atoms with van der Waals surface area (Å²) < 4.78 is 5.89. The van der Waals surface area contributed by atoms with Crippen LogP contribution in [0.2, 0.25) is 0 Å². The Morgan fingerprint density at radius 3 is 2.49 bits per heavy atom. The minimum absolute atomic E-state index is 0.0384. The molecule has 0 aliphatic carbocycles. The molecule has 4 rings (SSSR count). The first kappa shape index (κ1) is 24.8. The fourth-order valence-electron chi connectivity index (χ4n) is 2.83. The van der Waals surface area contributed by atoms with Crippen molar-refractivity contribution in [3.05, 3.63) is 59.8 Å². The predicted molar refractivity (Wildman–Crippen MR) is 135 cm³/mol. The molecule has 0 aliphatic rings. The first-order chi connectivity index (χ1) is 16.8. The molecule has 0 spiro atoms. The summed E-state index contributed by atoms with van der Waals surface area (Å²) in [6, 6.07) is 11.4. The van der Waals surface area contributed by atoms with Crippen LogP contribution in [0.5, 0.6) is 0 Å². The van der Waals surface area contributed by atoms with Gasteiger partial charge < -0.3 is 9.47 Å². The molecule has 10 nitrogen and oxygen atoms in total. The smallest absolute Gasteiger partial charge is 0.277 e. The van der Waals surface area contributed by atoms with Crippen LogP contribution in [0.3, 0.4) is 0 Å². The molecule has 0 aliphatic heterocycles. The Morgan fingerprint density at radius 1 is 1.09 bits per heavy atom. The average Bonchev–Trinajstić information content (AvgIpc) is 3.43. The summed E-state index contributed by atoms with van der Waals surface area (Å²) in [4.78, 5) is 37.1. The van der Waals surface area contributed by atoms with Crippen LogP contribution in [0.25, 0.3) is 0 Å². The standard InChI is InChI=1S/C22H22N8O2S3/c1-13-24-21(35-28-13)26-20(32)19-16(9-10-17(25-19)34-22-27-23-12-30(22)4)33-15-7-5-14(6-8-15)11-18(31)29(2)3/h5-10,12H,11H2,1-4H3,(H,24,26,28,32). The Bertz CT molecular complexity index is 1350. The number of carbonyl (C=O) groups excluding carboxylic acids is 2. The fourth-order valence-corrected chi connectivity index (χ4v) is 5.04. The van der Waals surface area contributed by atoms with E-state index in [4.69, 9.17) is 0 Å². The minimum atomic E-state index is -0.378. The van der Waals surface area contributed by atoms with Crippen molar-refractivity contribution in [1.82, 2.24) is 34.0 Å².